The van der Waals surface area contributed by atoms with Crippen LogP contribution in [0.1, 0.15) is 12.8 Å². The Kier molecular flexibility index (Phi) is 6.08. The van der Waals surface area contributed by atoms with E-state index in [-0.39, 0.29) is 11.9 Å². The second kappa shape index (κ2) is 9.46. The Hall–Kier alpha value is -3.65. The topological polar surface area (TPSA) is 96.6 Å². The van der Waals surface area contributed by atoms with Crippen LogP contribution in [-0.4, -0.2) is 54.8 Å². The minimum Gasteiger partial charge on any atom is -0.378 e. The summed E-state index contributed by atoms with van der Waals surface area (Å²) < 4.78 is 5.43. The number of rotatable bonds is 6. The van der Waals surface area contributed by atoms with Gasteiger partial charge in [0.15, 0.2) is 0 Å². The molecule has 0 unspecified atom stereocenters. The van der Waals surface area contributed by atoms with E-state index in [0.29, 0.717) is 5.95 Å². The van der Waals surface area contributed by atoms with E-state index in [2.05, 4.69) is 37.2 Å². The van der Waals surface area contributed by atoms with Crippen molar-refractivity contribution in [3.63, 3.8) is 0 Å². The van der Waals surface area contributed by atoms with Gasteiger partial charge in [-0.3, -0.25) is 4.79 Å². The van der Waals surface area contributed by atoms with Crippen LogP contribution in [0.2, 0.25) is 0 Å². The van der Waals surface area contributed by atoms with Crippen LogP contribution in [0.15, 0.2) is 60.8 Å². The third kappa shape index (κ3) is 4.75. The predicted octanol–water partition coefficient (Wildman–Crippen LogP) is 3.18. The number of nitrogens with one attached hydrogen (secondary N) is 1. The van der Waals surface area contributed by atoms with E-state index in [1.54, 1.807) is 6.20 Å². The van der Waals surface area contributed by atoms with Gasteiger partial charge >= 0.3 is 0 Å². The minimum atomic E-state index is -0.263. The second-order valence-corrected chi connectivity index (χ2v) is 8.34. The summed E-state index contributed by atoms with van der Waals surface area (Å²) in [6.45, 7) is 4.21. The van der Waals surface area contributed by atoms with Crippen molar-refractivity contribution >= 4 is 28.9 Å². The average molecular weight is 445 g/mol. The van der Waals surface area contributed by atoms with Gasteiger partial charge in [0.2, 0.25) is 11.9 Å². The van der Waals surface area contributed by atoms with Crippen LogP contribution in [0.5, 0.6) is 0 Å². The average Bonchev–Trinajstić information content (AvgIpc) is 3.36. The van der Waals surface area contributed by atoms with E-state index in [0.717, 1.165) is 68.3 Å². The Labute approximate surface area is 193 Å². The third-order valence-corrected chi connectivity index (χ3v) is 6.23. The Balaban J connectivity index is 1.28. The molecule has 3 N–H and O–H groups in total. The number of carbonyl (C=O) groups is 1. The lowest BCUT2D eigenvalue weighted by Gasteiger charge is -2.28. The molecule has 2 aliphatic heterocycles. The fourth-order valence-corrected chi connectivity index (χ4v) is 4.48. The van der Waals surface area contributed by atoms with Crippen molar-refractivity contribution in [2.24, 2.45) is 5.73 Å². The zero-order valence-electron chi connectivity index (χ0n) is 18.5. The lowest BCUT2D eigenvalue weighted by atomic mass is 10.1. The molecule has 170 valence electrons. The quantitative estimate of drug-likeness (QED) is 0.603. The van der Waals surface area contributed by atoms with E-state index in [4.69, 9.17) is 10.5 Å². The van der Waals surface area contributed by atoms with Crippen molar-refractivity contribution in [3.8, 4) is 11.3 Å². The first-order chi connectivity index (χ1) is 16.2. The number of amides is 1. The molecule has 3 aromatic rings. The minimum absolute atomic E-state index is 0.222. The first kappa shape index (κ1) is 21.2. The van der Waals surface area contributed by atoms with Gasteiger partial charge in [0.25, 0.3) is 0 Å². The molecule has 1 aromatic heterocycles. The van der Waals surface area contributed by atoms with Crippen molar-refractivity contribution < 1.29 is 9.53 Å². The van der Waals surface area contributed by atoms with Crippen molar-refractivity contribution in [3.05, 3.63) is 60.8 Å². The number of ether oxygens (including phenoxy) is 1. The summed E-state index contributed by atoms with van der Waals surface area (Å²) in [7, 11) is 0. The van der Waals surface area contributed by atoms with Crippen LogP contribution in [0, 0.1) is 0 Å². The number of aromatic nitrogens is 2. The fourth-order valence-electron chi connectivity index (χ4n) is 4.48. The van der Waals surface area contributed by atoms with Crippen molar-refractivity contribution in [1.29, 1.82) is 0 Å². The van der Waals surface area contributed by atoms with Crippen LogP contribution in [-0.2, 0) is 9.53 Å². The Morgan fingerprint density at radius 3 is 2.42 bits per heavy atom. The zero-order chi connectivity index (χ0) is 22.6. The van der Waals surface area contributed by atoms with Gasteiger partial charge in [-0.1, -0.05) is 12.1 Å². The number of anilines is 4. The predicted molar refractivity (Wildman–Crippen MR) is 130 cm³/mol. The number of primary amides is 1. The van der Waals surface area contributed by atoms with E-state index in [1.807, 2.05) is 42.5 Å². The van der Waals surface area contributed by atoms with E-state index < -0.39 is 0 Å². The third-order valence-electron chi connectivity index (χ3n) is 6.23. The smallest absolute Gasteiger partial charge is 0.240 e. The molecule has 0 spiro atoms. The number of nitrogens with zero attached hydrogens (tertiary/aromatic N) is 4. The number of morpholine rings is 1. The van der Waals surface area contributed by atoms with Crippen molar-refractivity contribution in [1.82, 2.24) is 9.97 Å². The van der Waals surface area contributed by atoms with Crippen LogP contribution >= 0.6 is 0 Å². The maximum Gasteiger partial charge on any atom is 0.240 e. The summed E-state index contributed by atoms with van der Waals surface area (Å²) in [4.78, 5) is 25.2. The molecule has 2 aromatic carbocycles. The van der Waals surface area contributed by atoms with Gasteiger partial charge in [0.05, 0.1) is 18.9 Å². The van der Waals surface area contributed by atoms with Gasteiger partial charge in [-0.15, -0.1) is 0 Å². The molecule has 2 aliphatic rings. The van der Waals surface area contributed by atoms with Gasteiger partial charge in [-0.2, -0.15) is 0 Å². The molecule has 0 bridgehead atoms. The largest absolute Gasteiger partial charge is 0.378 e. The lowest BCUT2D eigenvalue weighted by Crippen LogP contribution is -2.40. The van der Waals surface area contributed by atoms with Gasteiger partial charge in [-0.25, -0.2) is 9.97 Å². The molecular formula is C25H28N6O2. The Bertz CT molecular complexity index is 1100. The van der Waals surface area contributed by atoms with Crippen LogP contribution in [0.25, 0.3) is 11.3 Å². The van der Waals surface area contributed by atoms with E-state index >= 15 is 0 Å². The van der Waals surface area contributed by atoms with Crippen LogP contribution in [0.3, 0.4) is 0 Å². The zero-order valence-corrected chi connectivity index (χ0v) is 18.5. The number of nitrogens with two attached hydrogens (primary N) is 1. The Morgan fingerprint density at radius 1 is 0.970 bits per heavy atom. The van der Waals surface area contributed by atoms with E-state index in [9.17, 15) is 4.79 Å². The SMILES string of the molecule is NC(=O)[C@H]1CCCN1c1ccc(-c2ccnc(Nc3ccc(N4CCOCC4)cc3)n2)cc1. The monoisotopic (exact) mass is 444 g/mol. The molecule has 1 atom stereocenters. The molecule has 0 aliphatic carbocycles. The molecule has 0 radical (unpaired) electrons. The molecule has 3 heterocycles. The Morgan fingerprint density at radius 2 is 1.70 bits per heavy atom. The van der Waals surface area contributed by atoms with Crippen LogP contribution < -0.4 is 20.9 Å². The molecule has 8 heteroatoms. The number of hydrogen-bond acceptors (Lipinski definition) is 7. The molecule has 5 rings (SSSR count). The lowest BCUT2D eigenvalue weighted by molar-refractivity contribution is -0.119. The highest BCUT2D eigenvalue weighted by atomic mass is 16.5. The highest BCUT2D eigenvalue weighted by molar-refractivity contribution is 5.84. The fraction of sp³-hybridized carbons (Fsp3) is 0.320. The summed E-state index contributed by atoms with van der Waals surface area (Å²) in [5.74, 6) is 0.283. The van der Waals surface area contributed by atoms with Gasteiger partial charge < -0.3 is 25.6 Å². The number of hydrogen-bond donors (Lipinski definition) is 2. The highest BCUT2D eigenvalue weighted by Crippen LogP contribution is 2.28. The molecule has 0 saturated carbocycles. The van der Waals surface area contributed by atoms with Crippen molar-refractivity contribution in [2.75, 3.05) is 48.0 Å². The molecule has 2 saturated heterocycles. The summed E-state index contributed by atoms with van der Waals surface area (Å²) >= 11 is 0. The maximum absolute atomic E-state index is 11.7. The molecule has 1 amide bonds. The van der Waals surface area contributed by atoms with E-state index in [1.165, 1.54) is 5.69 Å². The summed E-state index contributed by atoms with van der Waals surface area (Å²) in [5.41, 5.74) is 10.5. The van der Waals surface area contributed by atoms with Crippen molar-refractivity contribution in [2.45, 2.75) is 18.9 Å². The normalized spacial score (nSPS) is 18.4. The molecular weight excluding hydrogens is 416 g/mol. The molecule has 33 heavy (non-hydrogen) atoms. The van der Waals surface area contributed by atoms with Gasteiger partial charge in [0.1, 0.15) is 6.04 Å². The maximum atomic E-state index is 11.7. The van der Waals surface area contributed by atoms with Crippen LogP contribution in [0.4, 0.5) is 23.0 Å². The molecule has 2 fully saturated rings. The molecule has 8 nitrogen and oxygen atoms in total. The highest BCUT2D eigenvalue weighted by Gasteiger charge is 2.29. The van der Waals surface area contributed by atoms with Gasteiger partial charge in [0, 0.05) is 48.5 Å². The summed E-state index contributed by atoms with van der Waals surface area (Å²) in [6.07, 6.45) is 3.54. The number of benzene rings is 2. The summed E-state index contributed by atoms with van der Waals surface area (Å²) in [5, 5.41) is 3.29. The standard InChI is InChI=1S/C25H28N6O2/c26-24(32)23-2-1-13-31(23)21-7-3-18(4-8-21)22-11-12-27-25(29-22)28-19-5-9-20(10-6-19)30-14-16-33-17-15-30/h3-12,23H,1-2,13-17H2,(H2,26,32)(H,27,28,29)/t23-/m1/s1. The first-order valence-corrected chi connectivity index (χ1v) is 11.4. The van der Waals surface area contributed by atoms with Gasteiger partial charge in [-0.05, 0) is 55.3 Å². The number of carbonyl (C=O) groups excluding carboxylic acids is 1. The second-order valence-electron chi connectivity index (χ2n) is 8.34. The summed E-state index contributed by atoms with van der Waals surface area (Å²) in [6, 6.07) is 18.1. The first-order valence-electron chi connectivity index (χ1n) is 11.4.